The van der Waals surface area contributed by atoms with E-state index in [9.17, 15) is 4.79 Å². The van der Waals surface area contributed by atoms with Crippen LogP contribution in [0.25, 0.3) is 0 Å². The number of quaternary nitrogens is 1. The molecule has 0 aliphatic heterocycles. The Morgan fingerprint density at radius 1 is 1.50 bits per heavy atom. The molecule has 1 amide bonds. The summed E-state index contributed by atoms with van der Waals surface area (Å²) in [6, 6.07) is 0.769. The molecule has 0 bridgehead atoms. The number of nitrogens with one attached hydrogen (secondary N) is 1. The average molecular weight is 195 g/mol. The second-order valence-electron chi connectivity index (χ2n) is 2.84. The van der Waals surface area contributed by atoms with Gasteiger partial charge in [-0.15, -0.1) is 0 Å². The van der Waals surface area contributed by atoms with Gasteiger partial charge in [0, 0.05) is 0 Å². The number of amides is 1. The van der Waals surface area contributed by atoms with Gasteiger partial charge in [-0.05, 0) is 19.9 Å². The fourth-order valence-electron chi connectivity index (χ4n) is 0. The van der Waals surface area contributed by atoms with Crippen LogP contribution in [0.4, 0.5) is 0 Å². The number of rotatable bonds is 2. The van der Waals surface area contributed by atoms with Crippen LogP contribution in [0.15, 0.2) is 12.7 Å². The van der Waals surface area contributed by atoms with Crippen LogP contribution in [0.1, 0.15) is 13.8 Å². The molecule has 0 aromatic rings. The van der Waals surface area contributed by atoms with Crippen molar-refractivity contribution < 1.29 is 22.1 Å². The van der Waals surface area contributed by atoms with Crippen LogP contribution in [0, 0.1) is 0 Å². The molecule has 0 rings (SSSR count). The summed E-state index contributed by atoms with van der Waals surface area (Å²) in [4.78, 5) is 11.0. The number of hydrogen-bond acceptors (Lipinski definition) is 1. The fourth-order valence-corrected chi connectivity index (χ4v) is 0. The van der Waals surface area contributed by atoms with E-state index in [1.807, 2.05) is 0 Å². The molecule has 0 saturated carbocycles. The van der Waals surface area contributed by atoms with Crippen molar-refractivity contribution in [1.82, 2.24) is 0 Å². The summed E-state index contributed by atoms with van der Waals surface area (Å²) in [6.07, 6.45) is 1.06. The number of primary amides is 1. The molecule has 12 heavy (non-hydrogen) atoms. The Kier molecular flexibility index (Phi) is 15.3. The van der Waals surface area contributed by atoms with Gasteiger partial charge >= 0.3 is 0 Å². The van der Waals surface area contributed by atoms with E-state index in [1.165, 1.54) is 4.90 Å². The fraction of sp³-hybridized carbons (Fsp3) is 0.625. The Morgan fingerprint density at radius 2 is 1.67 bits per heavy atom. The molecule has 0 atom stereocenters. The van der Waals surface area contributed by atoms with Gasteiger partial charge in [0.15, 0.2) is 0 Å². The largest absolute Gasteiger partial charge is 1.00 e. The molecule has 3 nitrogen and oxygen atoms in total. The third-order valence-electron chi connectivity index (χ3n) is 1.36. The summed E-state index contributed by atoms with van der Waals surface area (Å²) in [6.45, 7) is 7.49. The molecule has 0 radical (unpaired) electrons. The lowest BCUT2D eigenvalue weighted by atomic mass is 10.4. The molecular formula is C8H19ClN2O. The Labute approximate surface area is 81.0 Å². The van der Waals surface area contributed by atoms with E-state index < -0.39 is 5.91 Å². The Morgan fingerprint density at radius 3 is 1.67 bits per heavy atom. The zero-order valence-corrected chi connectivity index (χ0v) is 8.98. The van der Waals surface area contributed by atoms with Crippen LogP contribution in [0.2, 0.25) is 0 Å². The normalized spacial score (nSPS) is 8.17. The number of halogens is 1. The highest BCUT2D eigenvalue weighted by Gasteiger charge is 1.94. The minimum Gasteiger partial charge on any atom is -1.00 e. The summed E-state index contributed by atoms with van der Waals surface area (Å²) in [5.74, 6) is -0.481. The highest BCUT2D eigenvalue weighted by atomic mass is 35.5. The Bertz CT molecular complexity index is 118. The van der Waals surface area contributed by atoms with Gasteiger partial charge in [-0.1, -0.05) is 6.58 Å². The van der Waals surface area contributed by atoms with Gasteiger partial charge in [0.05, 0.1) is 20.1 Å². The maximum Gasteiger partial charge on any atom is 0.240 e. The zero-order valence-electron chi connectivity index (χ0n) is 8.23. The minimum atomic E-state index is -0.481. The van der Waals surface area contributed by atoms with Crippen molar-refractivity contribution in [2.75, 3.05) is 14.1 Å². The van der Waals surface area contributed by atoms with Crippen molar-refractivity contribution in [1.29, 1.82) is 0 Å². The lowest BCUT2D eigenvalue weighted by Crippen LogP contribution is -3.09. The SMILES string of the molecule is C=CC(N)=O.CC(C)[NH+](C)C.[Cl-]. The predicted octanol–water partition coefficient (Wildman–Crippen LogP) is -3.80. The number of hydrogen-bond donors (Lipinski definition) is 2. The van der Waals surface area contributed by atoms with E-state index in [2.05, 4.69) is 40.3 Å². The molecule has 0 aliphatic carbocycles. The van der Waals surface area contributed by atoms with Crippen molar-refractivity contribution >= 4 is 5.91 Å². The zero-order chi connectivity index (χ0) is 9.44. The van der Waals surface area contributed by atoms with Crippen LogP contribution in [0.3, 0.4) is 0 Å². The molecule has 0 aliphatic rings. The van der Waals surface area contributed by atoms with E-state index in [4.69, 9.17) is 0 Å². The molecule has 0 saturated heterocycles. The lowest BCUT2D eigenvalue weighted by Gasteiger charge is -2.09. The monoisotopic (exact) mass is 194 g/mol. The molecule has 0 unspecified atom stereocenters. The maximum atomic E-state index is 9.47. The van der Waals surface area contributed by atoms with Crippen molar-refractivity contribution in [2.24, 2.45) is 5.73 Å². The van der Waals surface area contributed by atoms with Crippen LogP contribution in [0.5, 0.6) is 0 Å². The summed E-state index contributed by atoms with van der Waals surface area (Å²) >= 11 is 0. The second-order valence-corrected chi connectivity index (χ2v) is 2.84. The molecular weight excluding hydrogens is 176 g/mol. The van der Waals surface area contributed by atoms with Gasteiger partial charge in [0.2, 0.25) is 5.91 Å². The summed E-state index contributed by atoms with van der Waals surface area (Å²) in [5, 5.41) is 0. The summed E-state index contributed by atoms with van der Waals surface area (Å²) in [5.41, 5.74) is 4.53. The average Bonchev–Trinajstić information content (AvgIpc) is 1.89. The van der Waals surface area contributed by atoms with Crippen molar-refractivity contribution in [3.63, 3.8) is 0 Å². The topological polar surface area (TPSA) is 47.5 Å². The van der Waals surface area contributed by atoms with Crippen molar-refractivity contribution in [3.05, 3.63) is 12.7 Å². The first-order chi connectivity index (χ1) is 4.91. The number of carbonyl (C=O) groups is 1. The minimum absolute atomic E-state index is 0. The molecule has 74 valence electrons. The van der Waals surface area contributed by atoms with Crippen LogP contribution in [-0.2, 0) is 4.79 Å². The van der Waals surface area contributed by atoms with Crippen LogP contribution >= 0.6 is 0 Å². The molecule has 0 fully saturated rings. The van der Waals surface area contributed by atoms with E-state index in [1.54, 1.807) is 0 Å². The van der Waals surface area contributed by atoms with Gasteiger partial charge in [0.25, 0.3) is 0 Å². The Hall–Kier alpha value is -0.540. The van der Waals surface area contributed by atoms with E-state index >= 15 is 0 Å². The highest BCUT2D eigenvalue weighted by Crippen LogP contribution is 1.59. The van der Waals surface area contributed by atoms with Gasteiger partial charge in [-0.2, -0.15) is 0 Å². The van der Waals surface area contributed by atoms with Gasteiger partial charge < -0.3 is 23.0 Å². The van der Waals surface area contributed by atoms with E-state index in [0.717, 1.165) is 12.1 Å². The third kappa shape index (κ3) is 22.7. The van der Waals surface area contributed by atoms with Crippen LogP contribution in [-0.4, -0.2) is 26.0 Å². The highest BCUT2D eigenvalue weighted by molar-refractivity contribution is 5.84. The number of nitrogens with two attached hydrogens (primary N) is 1. The van der Waals surface area contributed by atoms with E-state index in [0.29, 0.717) is 0 Å². The summed E-state index contributed by atoms with van der Waals surface area (Å²) in [7, 11) is 4.31. The van der Waals surface area contributed by atoms with Gasteiger partial charge in [-0.3, -0.25) is 4.79 Å². The van der Waals surface area contributed by atoms with Crippen molar-refractivity contribution in [3.8, 4) is 0 Å². The van der Waals surface area contributed by atoms with Crippen molar-refractivity contribution in [2.45, 2.75) is 19.9 Å². The molecule has 0 spiro atoms. The van der Waals surface area contributed by atoms with Gasteiger partial charge in [-0.25, -0.2) is 0 Å². The predicted molar refractivity (Wildman–Crippen MR) is 47.3 cm³/mol. The smallest absolute Gasteiger partial charge is 0.240 e. The lowest BCUT2D eigenvalue weighted by molar-refractivity contribution is -0.881. The number of carbonyl (C=O) groups excluding carboxylic acids is 1. The maximum absolute atomic E-state index is 9.47. The molecule has 0 aromatic carbocycles. The Balaban J connectivity index is -0.000000126. The van der Waals surface area contributed by atoms with Crippen LogP contribution < -0.4 is 23.0 Å². The standard InChI is InChI=1S/C5H13N.C3H5NO.ClH/c1-5(2)6(3)4;1-2-3(4)5;/h5H,1-4H3;2H,1H2,(H2,4,5);1H. The van der Waals surface area contributed by atoms with Gasteiger partial charge in [0.1, 0.15) is 0 Å². The molecule has 0 heterocycles. The quantitative estimate of drug-likeness (QED) is 0.436. The first-order valence-electron chi connectivity index (χ1n) is 3.63. The summed E-state index contributed by atoms with van der Waals surface area (Å²) < 4.78 is 0. The second kappa shape index (κ2) is 10.5. The third-order valence-corrected chi connectivity index (χ3v) is 1.36. The van der Waals surface area contributed by atoms with E-state index in [-0.39, 0.29) is 12.4 Å². The molecule has 3 N–H and O–H groups in total. The first-order valence-corrected chi connectivity index (χ1v) is 3.63. The molecule has 0 aromatic heterocycles. The first kappa shape index (κ1) is 17.5. The molecule has 4 heteroatoms.